The highest BCUT2D eigenvalue weighted by molar-refractivity contribution is 7.92. The molecule has 1 aliphatic rings. The Morgan fingerprint density at radius 1 is 1.32 bits per heavy atom. The Labute approximate surface area is 131 Å². The largest absolute Gasteiger partial charge is 0.246 e. The zero-order valence-electron chi connectivity index (χ0n) is 12.6. The summed E-state index contributed by atoms with van der Waals surface area (Å²) in [6.07, 6.45) is 0.253. The topological polar surface area (TPSA) is 71.5 Å². The van der Waals surface area contributed by atoms with Crippen LogP contribution in [0.2, 0.25) is 0 Å². The quantitative estimate of drug-likeness (QED) is 0.810. The van der Waals surface area contributed by atoms with Crippen LogP contribution < -0.4 is 0 Å². The second kappa shape index (κ2) is 6.25. The van der Waals surface area contributed by atoms with Gasteiger partial charge in [0.1, 0.15) is 10.7 Å². The summed E-state index contributed by atoms with van der Waals surface area (Å²) in [4.78, 5) is -0.403. The third kappa shape index (κ3) is 3.67. The van der Waals surface area contributed by atoms with Gasteiger partial charge in [0.25, 0.3) is 0 Å². The maximum atomic E-state index is 13.9. The Balaban J connectivity index is 2.43. The van der Waals surface area contributed by atoms with Gasteiger partial charge in [-0.25, -0.2) is 21.2 Å². The summed E-state index contributed by atoms with van der Waals surface area (Å²) in [7, 11) is -7.30. The Kier molecular flexibility index (Phi) is 4.93. The molecule has 0 aromatic heterocycles. The Morgan fingerprint density at radius 3 is 2.45 bits per heavy atom. The van der Waals surface area contributed by atoms with Gasteiger partial charge in [-0.1, -0.05) is 26.0 Å². The van der Waals surface area contributed by atoms with Crippen molar-refractivity contribution in [1.82, 2.24) is 4.31 Å². The van der Waals surface area contributed by atoms with Crippen molar-refractivity contribution < 1.29 is 21.2 Å². The summed E-state index contributed by atoms with van der Waals surface area (Å²) < 4.78 is 63.9. The summed E-state index contributed by atoms with van der Waals surface area (Å²) in [5.41, 5.74) is 0. The molecule has 0 radical (unpaired) electrons. The van der Waals surface area contributed by atoms with Crippen LogP contribution >= 0.6 is 0 Å². The minimum absolute atomic E-state index is 0.00449. The zero-order chi connectivity index (χ0) is 16.5. The van der Waals surface area contributed by atoms with E-state index in [0.717, 1.165) is 10.4 Å². The van der Waals surface area contributed by atoms with Crippen molar-refractivity contribution in [3.63, 3.8) is 0 Å². The first-order chi connectivity index (χ1) is 10.1. The SMILES string of the molecule is CC(C)CN([C@@H]1CCS(=O)(=O)C1)S(=O)(=O)c1ccccc1F. The minimum atomic E-state index is -4.07. The van der Waals surface area contributed by atoms with Gasteiger partial charge in [-0.2, -0.15) is 4.31 Å². The molecule has 1 aromatic rings. The number of hydrogen-bond acceptors (Lipinski definition) is 4. The van der Waals surface area contributed by atoms with Gasteiger partial charge >= 0.3 is 0 Å². The number of halogens is 1. The molecule has 8 heteroatoms. The van der Waals surface area contributed by atoms with Gasteiger partial charge < -0.3 is 0 Å². The van der Waals surface area contributed by atoms with E-state index in [9.17, 15) is 21.2 Å². The number of benzene rings is 1. The van der Waals surface area contributed by atoms with Crippen LogP contribution in [0.25, 0.3) is 0 Å². The smallest absolute Gasteiger partial charge is 0.229 e. The summed E-state index contributed by atoms with van der Waals surface area (Å²) in [5, 5.41) is 0. The number of sulfonamides is 1. The molecule has 0 N–H and O–H groups in total. The fourth-order valence-electron chi connectivity index (χ4n) is 2.59. The average Bonchev–Trinajstić information content (AvgIpc) is 2.76. The maximum Gasteiger partial charge on any atom is 0.246 e. The van der Waals surface area contributed by atoms with Gasteiger partial charge in [0, 0.05) is 12.6 Å². The van der Waals surface area contributed by atoms with E-state index in [2.05, 4.69) is 0 Å². The number of rotatable bonds is 5. The average molecular weight is 349 g/mol. The van der Waals surface area contributed by atoms with E-state index in [4.69, 9.17) is 0 Å². The Morgan fingerprint density at radius 2 is 1.95 bits per heavy atom. The van der Waals surface area contributed by atoms with Crippen molar-refractivity contribution >= 4 is 19.9 Å². The highest BCUT2D eigenvalue weighted by Gasteiger charge is 2.39. The van der Waals surface area contributed by atoms with E-state index in [-0.39, 0.29) is 30.4 Å². The molecule has 0 amide bonds. The van der Waals surface area contributed by atoms with Crippen LogP contribution in [0.5, 0.6) is 0 Å². The van der Waals surface area contributed by atoms with Gasteiger partial charge in [-0.3, -0.25) is 0 Å². The standard InChI is InChI=1S/C14H20FNO4S2/c1-11(2)9-16(12-7-8-21(17,18)10-12)22(19,20)14-6-4-3-5-13(14)15/h3-6,11-12H,7-10H2,1-2H3/t12-/m1/s1. The van der Waals surface area contributed by atoms with E-state index in [1.807, 2.05) is 13.8 Å². The molecule has 0 saturated carbocycles. The van der Waals surface area contributed by atoms with Gasteiger partial charge in [-0.15, -0.1) is 0 Å². The minimum Gasteiger partial charge on any atom is -0.229 e. The van der Waals surface area contributed by atoms with E-state index < -0.39 is 36.6 Å². The van der Waals surface area contributed by atoms with E-state index in [1.165, 1.54) is 18.2 Å². The molecule has 1 heterocycles. The molecular weight excluding hydrogens is 329 g/mol. The fourth-order valence-corrected chi connectivity index (χ4v) is 6.30. The molecule has 0 aliphatic carbocycles. The lowest BCUT2D eigenvalue weighted by atomic mass is 10.2. The predicted molar refractivity (Wildman–Crippen MR) is 82.2 cm³/mol. The van der Waals surface area contributed by atoms with Crippen LogP contribution in [-0.4, -0.2) is 45.2 Å². The first kappa shape index (κ1) is 17.4. The number of hydrogen-bond donors (Lipinski definition) is 0. The lowest BCUT2D eigenvalue weighted by Crippen LogP contribution is -2.43. The van der Waals surface area contributed by atoms with Crippen LogP contribution in [0, 0.1) is 11.7 Å². The van der Waals surface area contributed by atoms with Crippen LogP contribution in [0.3, 0.4) is 0 Å². The van der Waals surface area contributed by atoms with Gasteiger partial charge in [0.15, 0.2) is 9.84 Å². The second-order valence-corrected chi connectivity index (χ2v) is 10.0. The van der Waals surface area contributed by atoms with Crippen LogP contribution in [-0.2, 0) is 19.9 Å². The van der Waals surface area contributed by atoms with Crippen LogP contribution in [0.1, 0.15) is 20.3 Å². The molecule has 22 heavy (non-hydrogen) atoms. The van der Waals surface area contributed by atoms with Crippen LogP contribution in [0.4, 0.5) is 4.39 Å². The van der Waals surface area contributed by atoms with E-state index >= 15 is 0 Å². The summed E-state index contributed by atoms with van der Waals surface area (Å²) in [5.74, 6) is -1.05. The molecule has 1 fully saturated rings. The van der Waals surface area contributed by atoms with Crippen molar-refractivity contribution in [3.8, 4) is 0 Å². The monoisotopic (exact) mass is 349 g/mol. The first-order valence-electron chi connectivity index (χ1n) is 7.10. The molecule has 0 bridgehead atoms. The van der Waals surface area contributed by atoms with Crippen molar-refractivity contribution in [2.24, 2.45) is 5.92 Å². The Hall–Kier alpha value is -0.990. The third-order valence-corrected chi connectivity index (χ3v) is 7.29. The summed E-state index contributed by atoms with van der Waals surface area (Å²) in [6, 6.07) is 4.54. The van der Waals surface area contributed by atoms with Gasteiger partial charge in [0.2, 0.25) is 10.0 Å². The van der Waals surface area contributed by atoms with Gasteiger partial charge in [-0.05, 0) is 24.5 Å². The molecule has 124 valence electrons. The van der Waals surface area contributed by atoms with Crippen molar-refractivity contribution in [3.05, 3.63) is 30.1 Å². The third-order valence-electron chi connectivity index (χ3n) is 3.58. The molecule has 1 saturated heterocycles. The summed E-state index contributed by atoms with van der Waals surface area (Å²) >= 11 is 0. The van der Waals surface area contributed by atoms with E-state index in [0.29, 0.717) is 0 Å². The lowest BCUT2D eigenvalue weighted by Gasteiger charge is -2.29. The molecule has 2 rings (SSSR count). The first-order valence-corrected chi connectivity index (χ1v) is 10.4. The molecule has 0 unspecified atom stereocenters. The molecular formula is C14H20FNO4S2. The zero-order valence-corrected chi connectivity index (χ0v) is 14.2. The van der Waals surface area contributed by atoms with Crippen molar-refractivity contribution in [2.75, 3.05) is 18.1 Å². The Bertz CT molecular complexity index is 744. The lowest BCUT2D eigenvalue weighted by molar-refractivity contribution is 0.306. The number of sulfone groups is 1. The van der Waals surface area contributed by atoms with Crippen molar-refractivity contribution in [2.45, 2.75) is 31.2 Å². The fraction of sp³-hybridized carbons (Fsp3) is 0.571. The molecule has 0 spiro atoms. The highest BCUT2D eigenvalue weighted by Crippen LogP contribution is 2.27. The molecule has 1 aliphatic heterocycles. The molecule has 5 nitrogen and oxygen atoms in total. The van der Waals surface area contributed by atoms with Crippen molar-refractivity contribution in [1.29, 1.82) is 0 Å². The normalized spacial score (nSPS) is 21.6. The maximum absolute atomic E-state index is 13.9. The summed E-state index contributed by atoms with van der Waals surface area (Å²) in [6.45, 7) is 3.84. The van der Waals surface area contributed by atoms with E-state index in [1.54, 1.807) is 0 Å². The van der Waals surface area contributed by atoms with Gasteiger partial charge in [0.05, 0.1) is 11.5 Å². The molecule has 1 aromatic carbocycles. The second-order valence-electron chi connectivity index (χ2n) is 5.96. The predicted octanol–water partition coefficient (Wildman–Crippen LogP) is 1.66. The van der Waals surface area contributed by atoms with Crippen LogP contribution in [0.15, 0.2) is 29.2 Å². The number of nitrogens with zero attached hydrogens (tertiary/aromatic N) is 1. The highest BCUT2D eigenvalue weighted by atomic mass is 32.2. The molecule has 1 atom stereocenters.